The average Bonchev–Trinajstić information content (AvgIpc) is 2.39. The van der Waals surface area contributed by atoms with Gasteiger partial charge in [0.2, 0.25) is 10.0 Å². The second kappa shape index (κ2) is 5.76. The lowest BCUT2D eigenvalue weighted by atomic mass is 10.0. The maximum Gasteiger partial charge on any atom is 0.307 e. The lowest BCUT2D eigenvalue weighted by Crippen LogP contribution is -2.42. The molecule has 1 fully saturated rings. The van der Waals surface area contributed by atoms with Gasteiger partial charge in [-0.3, -0.25) is 4.79 Å². The van der Waals surface area contributed by atoms with Crippen molar-refractivity contribution in [3.05, 3.63) is 27.8 Å². The molecule has 0 saturated carbocycles. The number of carboxylic acid groups (broad SMARTS) is 1. The van der Waals surface area contributed by atoms with Crippen LogP contribution in [0.3, 0.4) is 0 Å². The molecule has 1 saturated heterocycles. The Bertz CT molecular complexity index is 570. The van der Waals surface area contributed by atoms with E-state index in [0.29, 0.717) is 19.4 Å². The van der Waals surface area contributed by atoms with Crippen LogP contribution < -0.4 is 0 Å². The van der Waals surface area contributed by atoms with Crippen LogP contribution in [0.4, 0.5) is 0 Å². The van der Waals surface area contributed by atoms with E-state index in [2.05, 4.69) is 22.6 Å². The molecule has 1 atom stereocenters. The number of hydrogen-bond donors (Lipinski definition) is 1. The molecule has 0 bridgehead atoms. The van der Waals surface area contributed by atoms with E-state index in [-0.39, 0.29) is 11.4 Å². The van der Waals surface area contributed by atoms with E-state index in [1.807, 2.05) is 0 Å². The Hall–Kier alpha value is -0.670. The molecule has 1 aliphatic rings. The molecule has 0 spiro atoms. The summed E-state index contributed by atoms with van der Waals surface area (Å²) in [5.74, 6) is -1.53. The lowest BCUT2D eigenvalue weighted by molar-refractivity contribution is -0.142. The van der Waals surface area contributed by atoms with Crippen LogP contribution in [0.25, 0.3) is 0 Å². The molecule has 0 unspecified atom stereocenters. The van der Waals surface area contributed by atoms with Gasteiger partial charge in [0, 0.05) is 16.7 Å². The van der Waals surface area contributed by atoms with Gasteiger partial charge >= 0.3 is 5.97 Å². The monoisotopic (exact) mass is 395 g/mol. The van der Waals surface area contributed by atoms with Crippen LogP contribution in [0.15, 0.2) is 29.2 Å². The van der Waals surface area contributed by atoms with Crippen LogP contribution in [0.1, 0.15) is 12.8 Å². The number of halogens is 1. The van der Waals surface area contributed by atoms with Crippen LogP contribution in [0.2, 0.25) is 0 Å². The summed E-state index contributed by atoms with van der Waals surface area (Å²) < 4.78 is 27.0. The summed E-state index contributed by atoms with van der Waals surface area (Å²) in [4.78, 5) is 11.2. The van der Waals surface area contributed by atoms with Crippen molar-refractivity contribution in [1.82, 2.24) is 4.31 Å². The highest BCUT2D eigenvalue weighted by molar-refractivity contribution is 14.1. The average molecular weight is 395 g/mol. The number of benzene rings is 1. The maximum absolute atomic E-state index is 12.4. The van der Waals surface area contributed by atoms with Gasteiger partial charge in [0.1, 0.15) is 0 Å². The Kier molecular flexibility index (Phi) is 4.46. The van der Waals surface area contributed by atoms with E-state index in [1.54, 1.807) is 24.3 Å². The van der Waals surface area contributed by atoms with E-state index in [0.717, 1.165) is 3.57 Å². The van der Waals surface area contributed by atoms with Gasteiger partial charge in [-0.05, 0) is 59.7 Å². The third kappa shape index (κ3) is 3.26. The maximum atomic E-state index is 12.4. The van der Waals surface area contributed by atoms with E-state index in [4.69, 9.17) is 5.11 Å². The van der Waals surface area contributed by atoms with Crippen molar-refractivity contribution in [3.8, 4) is 0 Å². The minimum Gasteiger partial charge on any atom is -0.481 e. The highest BCUT2D eigenvalue weighted by Gasteiger charge is 2.33. The fraction of sp³-hybridized carbons (Fsp3) is 0.417. The molecule has 7 heteroatoms. The molecular formula is C12H14INO4S. The minimum absolute atomic E-state index is 0.0592. The summed E-state index contributed by atoms with van der Waals surface area (Å²) in [6, 6.07) is 6.57. The fourth-order valence-electron chi connectivity index (χ4n) is 2.12. The van der Waals surface area contributed by atoms with Crippen LogP contribution >= 0.6 is 22.6 Å². The topological polar surface area (TPSA) is 74.7 Å². The van der Waals surface area contributed by atoms with Gasteiger partial charge in [-0.2, -0.15) is 4.31 Å². The summed E-state index contributed by atoms with van der Waals surface area (Å²) in [5.41, 5.74) is 0. The zero-order chi connectivity index (χ0) is 14.0. The molecule has 0 aromatic heterocycles. The third-order valence-electron chi connectivity index (χ3n) is 3.18. The standard InChI is InChI=1S/C12H14INO4S/c13-10-3-5-11(6-4-10)19(17,18)14-7-1-2-9(8-14)12(15)16/h3-6,9H,1-2,7-8H2,(H,15,16)/t9-/m0/s1. The van der Waals surface area contributed by atoms with Crippen molar-refractivity contribution >= 4 is 38.6 Å². The van der Waals surface area contributed by atoms with Gasteiger partial charge in [-0.15, -0.1) is 0 Å². The van der Waals surface area contributed by atoms with E-state index in [9.17, 15) is 13.2 Å². The molecule has 1 aromatic rings. The fourth-order valence-corrected chi connectivity index (χ4v) is 4.00. The number of aliphatic carboxylic acids is 1. The summed E-state index contributed by atoms with van der Waals surface area (Å²) in [6.45, 7) is 0.446. The van der Waals surface area contributed by atoms with Crippen LogP contribution in [0, 0.1) is 9.49 Å². The second-order valence-electron chi connectivity index (χ2n) is 4.49. The highest BCUT2D eigenvalue weighted by atomic mass is 127. The number of hydrogen-bond acceptors (Lipinski definition) is 3. The Morgan fingerprint density at radius 3 is 2.53 bits per heavy atom. The summed E-state index contributed by atoms with van der Waals surface area (Å²) in [5, 5.41) is 9.01. The summed E-state index contributed by atoms with van der Waals surface area (Å²) in [7, 11) is -3.58. The molecule has 1 N–H and O–H groups in total. The SMILES string of the molecule is O=C(O)[C@H]1CCCN(S(=O)(=O)c2ccc(I)cc2)C1. The summed E-state index contributed by atoms with van der Waals surface area (Å²) >= 11 is 2.10. The van der Waals surface area contributed by atoms with E-state index < -0.39 is 21.9 Å². The first-order valence-electron chi connectivity index (χ1n) is 5.90. The summed E-state index contributed by atoms with van der Waals surface area (Å²) in [6.07, 6.45) is 1.12. The molecule has 1 aliphatic heterocycles. The number of carboxylic acids is 1. The molecule has 0 aliphatic carbocycles. The van der Waals surface area contributed by atoms with Crippen molar-refractivity contribution in [1.29, 1.82) is 0 Å². The van der Waals surface area contributed by atoms with Gasteiger partial charge in [0.05, 0.1) is 10.8 Å². The predicted molar refractivity (Wildman–Crippen MR) is 78.3 cm³/mol. The number of sulfonamides is 1. The Labute approximate surface area is 125 Å². The van der Waals surface area contributed by atoms with Crippen LogP contribution in [-0.2, 0) is 14.8 Å². The van der Waals surface area contributed by atoms with Gasteiger partial charge < -0.3 is 5.11 Å². The third-order valence-corrected chi connectivity index (χ3v) is 5.78. The first kappa shape index (κ1) is 14.7. The molecule has 104 valence electrons. The van der Waals surface area contributed by atoms with E-state index >= 15 is 0 Å². The number of rotatable bonds is 3. The zero-order valence-electron chi connectivity index (χ0n) is 10.1. The van der Waals surface area contributed by atoms with Gasteiger partial charge in [0.25, 0.3) is 0 Å². The van der Waals surface area contributed by atoms with Crippen LogP contribution in [0.5, 0.6) is 0 Å². The van der Waals surface area contributed by atoms with Crippen molar-refractivity contribution in [3.63, 3.8) is 0 Å². The molecule has 19 heavy (non-hydrogen) atoms. The number of nitrogens with zero attached hydrogens (tertiary/aromatic N) is 1. The molecule has 0 amide bonds. The lowest BCUT2D eigenvalue weighted by Gasteiger charge is -2.29. The van der Waals surface area contributed by atoms with Crippen molar-refractivity contribution in [2.24, 2.45) is 5.92 Å². The Balaban J connectivity index is 2.24. The van der Waals surface area contributed by atoms with Gasteiger partial charge in [-0.25, -0.2) is 8.42 Å². The first-order valence-corrected chi connectivity index (χ1v) is 8.41. The van der Waals surface area contributed by atoms with Gasteiger partial charge in [0.15, 0.2) is 0 Å². The number of carbonyl (C=O) groups is 1. The normalized spacial score (nSPS) is 21.2. The first-order chi connectivity index (χ1) is 8.91. The van der Waals surface area contributed by atoms with Crippen molar-refractivity contribution in [2.75, 3.05) is 13.1 Å². The predicted octanol–water partition coefficient (Wildman–Crippen LogP) is 1.78. The molecule has 1 aromatic carbocycles. The molecule has 5 nitrogen and oxygen atoms in total. The zero-order valence-corrected chi connectivity index (χ0v) is 13.1. The Morgan fingerprint density at radius 2 is 1.95 bits per heavy atom. The Morgan fingerprint density at radius 1 is 1.32 bits per heavy atom. The quantitative estimate of drug-likeness (QED) is 0.792. The van der Waals surface area contributed by atoms with Crippen LogP contribution in [-0.4, -0.2) is 36.9 Å². The molecule has 1 heterocycles. The van der Waals surface area contributed by atoms with Crippen molar-refractivity contribution < 1.29 is 18.3 Å². The largest absolute Gasteiger partial charge is 0.481 e. The number of piperidine rings is 1. The highest BCUT2D eigenvalue weighted by Crippen LogP contribution is 2.24. The van der Waals surface area contributed by atoms with Crippen molar-refractivity contribution in [2.45, 2.75) is 17.7 Å². The molecular weight excluding hydrogens is 381 g/mol. The molecule has 0 radical (unpaired) electrons. The van der Waals surface area contributed by atoms with Gasteiger partial charge in [-0.1, -0.05) is 0 Å². The molecule has 2 rings (SSSR count). The smallest absolute Gasteiger partial charge is 0.307 e. The van der Waals surface area contributed by atoms with E-state index in [1.165, 1.54) is 4.31 Å². The second-order valence-corrected chi connectivity index (χ2v) is 7.68. The minimum atomic E-state index is -3.58.